The zero-order chi connectivity index (χ0) is 16.3. The van der Waals surface area contributed by atoms with Crippen molar-refractivity contribution < 1.29 is 17.9 Å². The van der Waals surface area contributed by atoms with E-state index in [1.807, 2.05) is 10.8 Å². The molecule has 2 aliphatic heterocycles. The first-order chi connectivity index (χ1) is 11.0. The van der Waals surface area contributed by atoms with Crippen LogP contribution in [0, 0.1) is 0 Å². The molecular weight excluding hydrogens is 318 g/mol. The smallest absolute Gasteiger partial charge is 0.237 e. The molecule has 8 heteroatoms. The number of ether oxygens (including phenoxy) is 1. The van der Waals surface area contributed by atoms with Crippen molar-refractivity contribution in [2.24, 2.45) is 0 Å². The molecule has 2 saturated heterocycles. The lowest BCUT2D eigenvalue weighted by Gasteiger charge is -2.33. The monoisotopic (exact) mass is 341 g/mol. The van der Waals surface area contributed by atoms with Gasteiger partial charge in [-0.05, 0) is 25.7 Å². The lowest BCUT2D eigenvalue weighted by Crippen LogP contribution is -2.43. The number of hydrogen-bond donors (Lipinski definition) is 0. The van der Waals surface area contributed by atoms with Gasteiger partial charge in [0.05, 0.1) is 24.2 Å². The fraction of sp³-hybridized carbons (Fsp3) is 0.733. The van der Waals surface area contributed by atoms with E-state index in [4.69, 9.17) is 4.74 Å². The number of rotatable bonds is 5. The number of piperidine rings is 1. The summed E-state index contributed by atoms with van der Waals surface area (Å²) in [5.41, 5.74) is 0. The summed E-state index contributed by atoms with van der Waals surface area (Å²) in [5.74, 6) is -0.756. The first-order valence-corrected chi connectivity index (χ1v) is 9.93. The van der Waals surface area contributed by atoms with E-state index < -0.39 is 15.6 Å². The van der Waals surface area contributed by atoms with Gasteiger partial charge in [0.15, 0.2) is 9.84 Å². The van der Waals surface area contributed by atoms with Gasteiger partial charge < -0.3 is 14.2 Å². The standard InChI is InChI=1S/C15H23N3O4S/c19-15(11-23(20,21)10-14-4-2-8-22-14)17-6-1-3-13(9-17)18-7-5-16-12-18/h5,7,12-14H,1-4,6,8-11H2/t13-,14-/m1/s1. The minimum atomic E-state index is -3.42. The van der Waals surface area contributed by atoms with Crippen LogP contribution in [-0.4, -0.2) is 66.1 Å². The molecule has 2 aliphatic rings. The summed E-state index contributed by atoms with van der Waals surface area (Å²) < 4.78 is 31.8. The minimum absolute atomic E-state index is 0.0441. The molecule has 0 radical (unpaired) electrons. The number of amides is 1. The van der Waals surface area contributed by atoms with Crippen LogP contribution in [0.1, 0.15) is 31.7 Å². The second-order valence-electron chi connectivity index (χ2n) is 6.34. The van der Waals surface area contributed by atoms with Crippen molar-refractivity contribution in [3.8, 4) is 0 Å². The van der Waals surface area contributed by atoms with Gasteiger partial charge in [0.25, 0.3) is 0 Å². The van der Waals surface area contributed by atoms with Crippen molar-refractivity contribution in [3.05, 3.63) is 18.7 Å². The molecule has 1 aromatic heterocycles. The normalized spacial score (nSPS) is 25.7. The number of hydrogen-bond acceptors (Lipinski definition) is 5. The molecule has 23 heavy (non-hydrogen) atoms. The first kappa shape index (κ1) is 16.4. The third kappa shape index (κ3) is 4.32. The highest BCUT2D eigenvalue weighted by atomic mass is 32.2. The topological polar surface area (TPSA) is 81.5 Å². The van der Waals surface area contributed by atoms with Gasteiger partial charge in [0, 0.05) is 32.1 Å². The van der Waals surface area contributed by atoms with E-state index in [0.29, 0.717) is 19.7 Å². The molecule has 128 valence electrons. The minimum Gasteiger partial charge on any atom is -0.377 e. The predicted octanol–water partition coefficient (Wildman–Crippen LogP) is 0.640. The van der Waals surface area contributed by atoms with E-state index in [2.05, 4.69) is 4.98 Å². The van der Waals surface area contributed by atoms with Gasteiger partial charge in [0.1, 0.15) is 5.75 Å². The molecule has 0 aliphatic carbocycles. The third-order valence-corrected chi connectivity index (χ3v) is 6.07. The molecule has 1 aromatic rings. The van der Waals surface area contributed by atoms with Crippen molar-refractivity contribution in [1.82, 2.24) is 14.5 Å². The van der Waals surface area contributed by atoms with Crippen LogP contribution in [0.3, 0.4) is 0 Å². The number of carbonyl (C=O) groups excluding carboxylic acids is 1. The summed E-state index contributed by atoms with van der Waals surface area (Å²) in [4.78, 5) is 18.1. The molecule has 0 spiro atoms. The van der Waals surface area contributed by atoms with Crippen LogP contribution in [0.25, 0.3) is 0 Å². The summed E-state index contributed by atoms with van der Waals surface area (Å²) in [5, 5.41) is 0. The fourth-order valence-electron chi connectivity index (χ4n) is 3.31. The van der Waals surface area contributed by atoms with E-state index in [1.165, 1.54) is 0 Å². The highest BCUT2D eigenvalue weighted by Gasteiger charge is 2.30. The summed E-state index contributed by atoms with van der Waals surface area (Å²) in [7, 11) is -3.42. The Morgan fingerprint density at radius 3 is 2.87 bits per heavy atom. The van der Waals surface area contributed by atoms with Gasteiger partial charge >= 0.3 is 0 Å². The molecule has 3 heterocycles. The Morgan fingerprint density at radius 2 is 2.17 bits per heavy atom. The third-order valence-electron chi connectivity index (χ3n) is 4.50. The molecule has 2 fully saturated rings. The second kappa shape index (κ2) is 7.00. The van der Waals surface area contributed by atoms with Crippen LogP contribution >= 0.6 is 0 Å². The predicted molar refractivity (Wildman–Crippen MR) is 84.7 cm³/mol. The van der Waals surface area contributed by atoms with Crippen LogP contribution in [0.5, 0.6) is 0 Å². The Balaban J connectivity index is 1.56. The lowest BCUT2D eigenvalue weighted by atomic mass is 10.1. The highest BCUT2D eigenvalue weighted by Crippen LogP contribution is 2.22. The van der Waals surface area contributed by atoms with Crippen LogP contribution < -0.4 is 0 Å². The van der Waals surface area contributed by atoms with Crippen molar-refractivity contribution in [3.63, 3.8) is 0 Å². The summed E-state index contributed by atoms with van der Waals surface area (Å²) in [6.07, 6.45) is 8.61. The average Bonchev–Trinajstić information content (AvgIpc) is 3.19. The second-order valence-corrected chi connectivity index (χ2v) is 8.44. The van der Waals surface area contributed by atoms with Gasteiger partial charge in [0.2, 0.25) is 5.91 Å². The number of nitrogens with zero attached hydrogens (tertiary/aromatic N) is 3. The molecular formula is C15H23N3O4S. The maximum absolute atomic E-state index is 12.4. The largest absolute Gasteiger partial charge is 0.377 e. The van der Waals surface area contributed by atoms with Crippen LogP contribution in [-0.2, 0) is 19.4 Å². The maximum atomic E-state index is 12.4. The van der Waals surface area contributed by atoms with Crippen molar-refractivity contribution >= 4 is 15.7 Å². The van der Waals surface area contributed by atoms with E-state index in [1.54, 1.807) is 17.4 Å². The van der Waals surface area contributed by atoms with Gasteiger partial charge in [-0.2, -0.15) is 0 Å². The number of imidazole rings is 1. The van der Waals surface area contributed by atoms with Crippen LogP contribution in [0.2, 0.25) is 0 Å². The SMILES string of the molecule is O=C(CS(=O)(=O)C[C@H]1CCCO1)N1CCC[C@@H](n2ccnc2)C1. The van der Waals surface area contributed by atoms with Gasteiger partial charge in [-0.15, -0.1) is 0 Å². The van der Waals surface area contributed by atoms with Crippen molar-refractivity contribution in [1.29, 1.82) is 0 Å². The Hall–Kier alpha value is -1.41. The van der Waals surface area contributed by atoms with Crippen molar-refractivity contribution in [2.75, 3.05) is 31.2 Å². The Morgan fingerprint density at radius 1 is 1.30 bits per heavy atom. The lowest BCUT2D eigenvalue weighted by molar-refractivity contribution is -0.130. The Kier molecular flexibility index (Phi) is 5.01. The number of likely N-dealkylation sites (tertiary alicyclic amines) is 1. The molecule has 0 saturated carbocycles. The number of sulfone groups is 1. The zero-order valence-corrected chi connectivity index (χ0v) is 14.0. The molecule has 0 unspecified atom stereocenters. The van der Waals surface area contributed by atoms with Gasteiger partial charge in [-0.1, -0.05) is 0 Å². The number of aromatic nitrogens is 2. The maximum Gasteiger partial charge on any atom is 0.237 e. The van der Waals surface area contributed by atoms with Gasteiger partial charge in [-0.25, -0.2) is 13.4 Å². The fourth-order valence-corrected chi connectivity index (χ4v) is 4.81. The number of carbonyl (C=O) groups is 1. The van der Waals surface area contributed by atoms with Crippen LogP contribution in [0.15, 0.2) is 18.7 Å². The summed E-state index contributed by atoms with van der Waals surface area (Å²) in [6.45, 7) is 1.79. The molecule has 2 atom stereocenters. The quantitative estimate of drug-likeness (QED) is 0.785. The first-order valence-electron chi connectivity index (χ1n) is 8.11. The molecule has 0 bridgehead atoms. The molecule has 7 nitrogen and oxygen atoms in total. The van der Waals surface area contributed by atoms with Gasteiger partial charge in [-0.3, -0.25) is 4.79 Å². The average molecular weight is 341 g/mol. The Bertz CT molecular complexity index is 623. The Labute approximate surface area is 136 Å². The van der Waals surface area contributed by atoms with E-state index in [9.17, 15) is 13.2 Å². The summed E-state index contributed by atoms with van der Waals surface area (Å²) in [6, 6.07) is 0.177. The zero-order valence-electron chi connectivity index (χ0n) is 13.1. The molecule has 0 aromatic carbocycles. The highest BCUT2D eigenvalue weighted by molar-refractivity contribution is 7.92. The molecule has 0 N–H and O–H groups in total. The van der Waals surface area contributed by atoms with Crippen molar-refractivity contribution in [2.45, 2.75) is 37.8 Å². The summed E-state index contributed by atoms with van der Waals surface area (Å²) >= 11 is 0. The molecule has 3 rings (SSSR count). The van der Waals surface area contributed by atoms with Crippen LogP contribution in [0.4, 0.5) is 0 Å². The molecule has 1 amide bonds. The van der Waals surface area contributed by atoms with E-state index >= 15 is 0 Å². The van der Waals surface area contributed by atoms with E-state index in [-0.39, 0.29) is 23.8 Å². The van der Waals surface area contributed by atoms with E-state index in [0.717, 1.165) is 25.7 Å².